The molecule has 0 aliphatic carbocycles. The van der Waals surface area contributed by atoms with Gasteiger partial charge in [0.1, 0.15) is 5.75 Å². The third-order valence-corrected chi connectivity index (χ3v) is 7.65. The second-order valence-corrected chi connectivity index (χ2v) is 9.71. The topological polar surface area (TPSA) is 79.0 Å². The van der Waals surface area contributed by atoms with Crippen molar-refractivity contribution in [2.45, 2.75) is 38.6 Å². The van der Waals surface area contributed by atoms with Crippen LogP contribution in [0, 0.1) is 13.8 Å². The molecule has 0 saturated carbocycles. The molecule has 1 aliphatic rings. The Morgan fingerprint density at radius 2 is 1.77 bits per heavy atom. The molecule has 1 fully saturated rings. The van der Waals surface area contributed by atoms with Gasteiger partial charge in [0.25, 0.3) is 0 Å². The first-order chi connectivity index (χ1) is 14.7. The van der Waals surface area contributed by atoms with Gasteiger partial charge in [0.05, 0.1) is 23.2 Å². The Hall–Kier alpha value is -2.42. The first-order valence-electron chi connectivity index (χ1n) is 10.6. The van der Waals surface area contributed by atoms with Crippen molar-refractivity contribution < 1.29 is 17.9 Å². The van der Waals surface area contributed by atoms with Gasteiger partial charge in [-0.25, -0.2) is 8.42 Å². The molecule has 0 aromatic heterocycles. The van der Waals surface area contributed by atoms with Crippen molar-refractivity contribution >= 4 is 21.6 Å². The van der Waals surface area contributed by atoms with E-state index >= 15 is 0 Å². The van der Waals surface area contributed by atoms with Crippen LogP contribution in [0.25, 0.3) is 0 Å². The van der Waals surface area contributed by atoms with Crippen molar-refractivity contribution in [3.05, 3.63) is 53.6 Å². The third kappa shape index (κ3) is 5.26. The smallest absolute Gasteiger partial charge is 0.243 e. The van der Waals surface area contributed by atoms with E-state index in [1.165, 1.54) is 4.31 Å². The van der Waals surface area contributed by atoms with Gasteiger partial charge in [0, 0.05) is 26.2 Å². The summed E-state index contributed by atoms with van der Waals surface area (Å²) >= 11 is 0. The van der Waals surface area contributed by atoms with Gasteiger partial charge in [-0.2, -0.15) is 4.31 Å². The molecule has 2 aromatic carbocycles. The van der Waals surface area contributed by atoms with Crippen LogP contribution in [0.15, 0.2) is 47.4 Å². The van der Waals surface area contributed by atoms with E-state index in [4.69, 9.17) is 4.74 Å². The fraction of sp³-hybridized carbons (Fsp3) is 0.435. The summed E-state index contributed by atoms with van der Waals surface area (Å²) < 4.78 is 33.3. The highest BCUT2D eigenvalue weighted by Crippen LogP contribution is 2.25. The lowest BCUT2D eigenvalue weighted by Crippen LogP contribution is -2.54. The molecule has 31 heavy (non-hydrogen) atoms. The minimum absolute atomic E-state index is 0.141. The molecule has 1 N–H and O–H groups in total. The average molecular weight is 446 g/mol. The molecule has 1 heterocycles. The number of anilines is 1. The molecule has 1 amide bonds. The maximum Gasteiger partial charge on any atom is 0.243 e. The average Bonchev–Trinajstić information content (AvgIpc) is 2.76. The van der Waals surface area contributed by atoms with Crippen molar-refractivity contribution in [3.63, 3.8) is 0 Å². The normalized spacial score (nSPS) is 16.6. The number of carbonyl (C=O) groups is 1. The molecule has 1 aliphatic heterocycles. The first kappa shape index (κ1) is 23.2. The van der Waals surface area contributed by atoms with E-state index in [9.17, 15) is 13.2 Å². The Morgan fingerprint density at radius 1 is 1.10 bits per heavy atom. The van der Waals surface area contributed by atoms with Crippen LogP contribution in [0.4, 0.5) is 5.69 Å². The number of nitrogens with one attached hydrogen (secondary N) is 1. The highest BCUT2D eigenvalue weighted by Gasteiger charge is 2.32. The van der Waals surface area contributed by atoms with Crippen LogP contribution in [0.2, 0.25) is 0 Å². The standard InChI is InChI=1S/C23H31N3O4S/c1-5-30-21-9-7-6-8-20(21)24-23(27)19(4)25-12-14-26(15-13-25)31(28,29)22-16-17(2)10-11-18(22)3/h6-11,16,19H,5,12-15H2,1-4H3,(H,24,27). The molecule has 1 saturated heterocycles. The van der Waals surface area contributed by atoms with Crippen molar-refractivity contribution in [2.24, 2.45) is 0 Å². The van der Waals surface area contributed by atoms with Gasteiger partial charge in [-0.3, -0.25) is 9.69 Å². The van der Waals surface area contributed by atoms with Gasteiger partial charge in [-0.15, -0.1) is 0 Å². The zero-order valence-corrected chi connectivity index (χ0v) is 19.4. The molecule has 1 atom stereocenters. The molecule has 1 unspecified atom stereocenters. The second kappa shape index (κ2) is 9.80. The Kier molecular flexibility index (Phi) is 7.35. The lowest BCUT2D eigenvalue weighted by molar-refractivity contribution is -0.121. The van der Waals surface area contributed by atoms with Crippen molar-refractivity contribution in [2.75, 3.05) is 38.1 Å². The van der Waals surface area contributed by atoms with E-state index in [1.807, 2.05) is 69.0 Å². The quantitative estimate of drug-likeness (QED) is 0.709. The fourth-order valence-electron chi connectivity index (χ4n) is 3.71. The Bertz CT molecular complexity index is 1030. The molecule has 7 nitrogen and oxygen atoms in total. The van der Waals surface area contributed by atoms with Crippen LogP contribution in [-0.2, 0) is 14.8 Å². The molecule has 0 radical (unpaired) electrons. The predicted octanol–water partition coefficient (Wildman–Crippen LogP) is 3.04. The van der Waals surface area contributed by atoms with Crippen molar-refractivity contribution in [1.29, 1.82) is 0 Å². The van der Waals surface area contributed by atoms with Crippen molar-refractivity contribution in [1.82, 2.24) is 9.21 Å². The monoisotopic (exact) mass is 445 g/mol. The van der Waals surface area contributed by atoms with Crippen LogP contribution >= 0.6 is 0 Å². The summed E-state index contributed by atoms with van der Waals surface area (Å²) in [6.45, 7) is 9.64. The number of nitrogens with zero attached hydrogens (tertiary/aromatic N) is 2. The van der Waals surface area contributed by atoms with Gasteiger partial charge in [-0.05, 0) is 57.0 Å². The van der Waals surface area contributed by atoms with Crippen LogP contribution in [0.1, 0.15) is 25.0 Å². The second-order valence-electron chi connectivity index (χ2n) is 7.80. The molecular formula is C23H31N3O4S. The zero-order valence-electron chi connectivity index (χ0n) is 18.6. The minimum atomic E-state index is -3.56. The van der Waals surface area contributed by atoms with Gasteiger partial charge < -0.3 is 10.1 Å². The SMILES string of the molecule is CCOc1ccccc1NC(=O)C(C)N1CCN(S(=O)(=O)c2cc(C)ccc2C)CC1. The zero-order chi connectivity index (χ0) is 22.6. The van der Waals surface area contributed by atoms with Crippen LogP contribution < -0.4 is 10.1 Å². The number of ether oxygens (including phenoxy) is 1. The number of amides is 1. The van der Waals surface area contributed by atoms with E-state index < -0.39 is 10.0 Å². The number of carbonyl (C=O) groups excluding carboxylic acids is 1. The molecule has 8 heteroatoms. The van der Waals surface area contributed by atoms with Gasteiger partial charge >= 0.3 is 0 Å². The van der Waals surface area contributed by atoms with Crippen LogP contribution in [-0.4, -0.2) is 62.4 Å². The van der Waals surface area contributed by atoms with Gasteiger partial charge in [0.2, 0.25) is 15.9 Å². The number of benzene rings is 2. The van der Waals surface area contributed by atoms with Gasteiger partial charge in [-0.1, -0.05) is 24.3 Å². The van der Waals surface area contributed by atoms with E-state index in [2.05, 4.69) is 5.32 Å². The lowest BCUT2D eigenvalue weighted by atomic mass is 10.2. The molecule has 2 aromatic rings. The summed E-state index contributed by atoms with van der Waals surface area (Å²) in [6, 6.07) is 12.4. The number of piperazine rings is 1. The maximum atomic E-state index is 13.1. The van der Waals surface area contributed by atoms with Crippen LogP contribution in [0.5, 0.6) is 5.75 Å². The van der Waals surface area contributed by atoms with E-state index in [0.717, 1.165) is 11.1 Å². The first-order valence-corrected chi connectivity index (χ1v) is 12.0. The maximum absolute atomic E-state index is 13.1. The number of para-hydroxylation sites is 2. The third-order valence-electron chi connectivity index (χ3n) is 5.61. The predicted molar refractivity (Wildman–Crippen MR) is 122 cm³/mol. The molecule has 0 bridgehead atoms. The summed E-state index contributed by atoms with van der Waals surface area (Å²) in [4.78, 5) is 15.2. The minimum Gasteiger partial charge on any atom is -0.492 e. The summed E-state index contributed by atoms with van der Waals surface area (Å²) in [6.07, 6.45) is 0. The number of hydrogen-bond acceptors (Lipinski definition) is 5. The Labute approximate surface area is 185 Å². The summed E-state index contributed by atoms with van der Waals surface area (Å²) in [7, 11) is -3.56. The molecule has 168 valence electrons. The van der Waals surface area contributed by atoms with Crippen molar-refractivity contribution in [3.8, 4) is 5.75 Å². The number of hydrogen-bond donors (Lipinski definition) is 1. The molecule has 3 rings (SSSR count). The Balaban J connectivity index is 1.64. The Morgan fingerprint density at radius 3 is 2.45 bits per heavy atom. The van der Waals surface area contributed by atoms with E-state index in [0.29, 0.717) is 49.1 Å². The summed E-state index contributed by atoms with van der Waals surface area (Å²) in [5.41, 5.74) is 2.30. The lowest BCUT2D eigenvalue weighted by Gasteiger charge is -2.37. The van der Waals surface area contributed by atoms with E-state index in [-0.39, 0.29) is 11.9 Å². The highest BCUT2D eigenvalue weighted by molar-refractivity contribution is 7.89. The largest absolute Gasteiger partial charge is 0.492 e. The van der Waals surface area contributed by atoms with Crippen LogP contribution in [0.3, 0.4) is 0 Å². The molecule has 0 spiro atoms. The number of rotatable bonds is 7. The highest BCUT2D eigenvalue weighted by atomic mass is 32.2. The van der Waals surface area contributed by atoms with E-state index in [1.54, 1.807) is 6.07 Å². The fourth-order valence-corrected chi connectivity index (χ4v) is 5.44. The summed E-state index contributed by atoms with van der Waals surface area (Å²) in [5.74, 6) is 0.493. The number of sulfonamides is 1. The van der Waals surface area contributed by atoms with Gasteiger partial charge in [0.15, 0.2) is 0 Å². The molecular weight excluding hydrogens is 414 g/mol. The number of aryl methyl sites for hydroxylation is 2. The summed E-state index contributed by atoms with van der Waals surface area (Å²) in [5, 5.41) is 2.94.